The van der Waals surface area contributed by atoms with E-state index in [1.165, 1.54) is 36.4 Å². The lowest BCUT2D eigenvalue weighted by molar-refractivity contribution is -0.145. The number of hydrogen-bond acceptors (Lipinski definition) is 4. The summed E-state index contributed by atoms with van der Waals surface area (Å²) in [5.74, 6) is -2.58. The average Bonchev–Trinajstić information content (AvgIpc) is 2.74. The van der Waals surface area contributed by atoms with E-state index in [0.29, 0.717) is 11.1 Å². The Morgan fingerprint density at radius 3 is 2.55 bits per heavy atom. The zero-order valence-corrected chi connectivity index (χ0v) is 17.3. The van der Waals surface area contributed by atoms with Gasteiger partial charge < -0.3 is 14.8 Å². The van der Waals surface area contributed by atoms with Gasteiger partial charge in [-0.05, 0) is 54.4 Å². The van der Waals surface area contributed by atoms with Gasteiger partial charge in [-0.1, -0.05) is 29.8 Å². The largest absolute Gasteiger partial charge is 0.479 e. The van der Waals surface area contributed by atoms with Gasteiger partial charge in [0.25, 0.3) is 0 Å². The Hall–Kier alpha value is -3.19. The van der Waals surface area contributed by atoms with Crippen LogP contribution in [-0.4, -0.2) is 19.2 Å². The van der Waals surface area contributed by atoms with Crippen molar-refractivity contribution in [3.63, 3.8) is 0 Å². The number of benzene rings is 3. The van der Waals surface area contributed by atoms with Crippen LogP contribution in [0.3, 0.4) is 0 Å². The summed E-state index contributed by atoms with van der Waals surface area (Å²) in [6, 6.07) is 12.9. The molecule has 31 heavy (non-hydrogen) atoms. The fourth-order valence-electron chi connectivity index (χ4n) is 2.89. The van der Waals surface area contributed by atoms with E-state index < -0.39 is 30.0 Å². The standard InChI is InChI=1S/C23H19ClF3NO3/c1-2-30-21(29)13-31-20-9-7-18(24)23(22(20)27)28-12-16-10-15(6-8-19(16)26)14-4-3-5-17(25)11-14/h3-11,28H,2,12-13H2,1H3. The van der Waals surface area contributed by atoms with E-state index in [1.807, 2.05) is 0 Å². The maximum absolute atomic E-state index is 14.8. The molecule has 0 amide bonds. The molecule has 3 rings (SSSR count). The fourth-order valence-corrected chi connectivity index (χ4v) is 3.10. The van der Waals surface area contributed by atoms with E-state index in [1.54, 1.807) is 25.1 Å². The van der Waals surface area contributed by atoms with Crippen molar-refractivity contribution in [1.29, 1.82) is 0 Å². The molecule has 3 aromatic carbocycles. The molecule has 0 bridgehead atoms. The molecule has 8 heteroatoms. The van der Waals surface area contributed by atoms with E-state index in [9.17, 15) is 18.0 Å². The minimum absolute atomic E-state index is 0.0580. The SMILES string of the molecule is CCOC(=O)COc1ccc(Cl)c(NCc2cc(-c3cccc(F)c3)ccc2F)c1F. The Balaban J connectivity index is 1.78. The highest BCUT2D eigenvalue weighted by Gasteiger charge is 2.16. The van der Waals surface area contributed by atoms with Crippen molar-refractivity contribution in [2.24, 2.45) is 0 Å². The second-order valence-electron chi connectivity index (χ2n) is 6.50. The third kappa shape index (κ3) is 5.70. The normalized spacial score (nSPS) is 10.6. The molecule has 4 nitrogen and oxygen atoms in total. The van der Waals surface area contributed by atoms with Gasteiger partial charge in [-0.15, -0.1) is 0 Å². The van der Waals surface area contributed by atoms with Gasteiger partial charge in [0.2, 0.25) is 0 Å². The first kappa shape index (κ1) is 22.5. The van der Waals surface area contributed by atoms with Crippen molar-refractivity contribution in [3.8, 4) is 16.9 Å². The predicted molar refractivity (Wildman–Crippen MR) is 113 cm³/mol. The van der Waals surface area contributed by atoms with Crippen LogP contribution in [0, 0.1) is 17.5 Å². The molecule has 0 aliphatic rings. The van der Waals surface area contributed by atoms with Gasteiger partial charge in [-0.2, -0.15) is 0 Å². The van der Waals surface area contributed by atoms with Gasteiger partial charge in [0.15, 0.2) is 18.2 Å². The monoisotopic (exact) mass is 449 g/mol. The summed E-state index contributed by atoms with van der Waals surface area (Å²) >= 11 is 6.08. The first-order valence-electron chi connectivity index (χ1n) is 9.43. The van der Waals surface area contributed by atoms with E-state index in [2.05, 4.69) is 5.32 Å². The topological polar surface area (TPSA) is 47.6 Å². The molecular formula is C23H19ClF3NO3. The minimum atomic E-state index is -0.821. The van der Waals surface area contributed by atoms with E-state index in [0.717, 1.165) is 0 Å². The highest BCUT2D eigenvalue weighted by molar-refractivity contribution is 6.33. The number of carbonyl (C=O) groups is 1. The molecule has 0 aromatic heterocycles. The van der Waals surface area contributed by atoms with Crippen LogP contribution in [0.5, 0.6) is 5.75 Å². The lowest BCUT2D eigenvalue weighted by atomic mass is 10.0. The van der Waals surface area contributed by atoms with Crippen LogP contribution >= 0.6 is 11.6 Å². The first-order chi connectivity index (χ1) is 14.9. The van der Waals surface area contributed by atoms with Gasteiger partial charge in [0.05, 0.1) is 17.3 Å². The van der Waals surface area contributed by atoms with Gasteiger partial charge in [0.1, 0.15) is 11.6 Å². The number of nitrogens with one attached hydrogen (secondary N) is 1. The maximum Gasteiger partial charge on any atom is 0.344 e. The van der Waals surface area contributed by atoms with Crippen molar-refractivity contribution in [3.05, 3.63) is 82.6 Å². The van der Waals surface area contributed by atoms with Crippen LogP contribution in [0.2, 0.25) is 5.02 Å². The Morgan fingerprint density at radius 1 is 1.03 bits per heavy atom. The summed E-state index contributed by atoms with van der Waals surface area (Å²) < 4.78 is 52.5. The fraction of sp³-hybridized carbons (Fsp3) is 0.174. The van der Waals surface area contributed by atoms with Crippen LogP contribution in [0.15, 0.2) is 54.6 Å². The maximum atomic E-state index is 14.8. The molecule has 0 spiro atoms. The van der Waals surface area contributed by atoms with Gasteiger partial charge in [-0.25, -0.2) is 18.0 Å². The van der Waals surface area contributed by atoms with Crippen LogP contribution in [0.1, 0.15) is 12.5 Å². The van der Waals surface area contributed by atoms with Crippen LogP contribution in [0.25, 0.3) is 11.1 Å². The number of hydrogen-bond donors (Lipinski definition) is 1. The molecule has 0 fully saturated rings. The van der Waals surface area contributed by atoms with E-state index >= 15 is 0 Å². The molecule has 0 unspecified atom stereocenters. The Labute approximate surface area is 182 Å². The third-order valence-electron chi connectivity index (χ3n) is 4.37. The van der Waals surface area contributed by atoms with Gasteiger partial charge >= 0.3 is 5.97 Å². The highest BCUT2D eigenvalue weighted by atomic mass is 35.5. The Morgan fingerprint density at radius 2 is 1.81 bits per heavy atom. The lowest BCUT2D eigenvalue weighted by Crippen LogP contribution is -2.15. The van der Waals surface area contributed by atoms with Crippen molar-refractivity contribution in [2.45, 2.75) is 13.5 Å². The van der Waals surface area contributed by atoms with Gasteiger partial charge in [-0.3, -0.25) is 0 Å². The van der Waals surface area contributed by atoms with Crippen LogP contribution in [0.4, 0.5) is 18.9 Å². The van der Waals surface area contributed by atoms with Crippen LogP contribution in [-0.2, 0) is 16.1 Å². The van der Waals surface area contributed by atoms with E-state index in [-0.39, 0.29) is 35.2 Å². The third-order valence-corrected chi connectivity index (χ3v) is 4.68. The van der Waals surface area contributed by atoms with Crippen molar-refractivity contribution >= 4 is 23.3 Å². The number of carbonyl (C=O) groups excluding carboxylic acids is 1. The zero-order chi connectivity index (χ0) is 22.4. The summed E-state index contributed by atoms with van der Waals surface area (Å²) in [7, 11) is 0. The number of ether oxygens (including phenoxy) is 2. The molecule has 0 atom stereocenters. The predicted octanol–water partition coefficient (Wildman–Crippen LogP) is 5.98. The summed E-state index contributed by atoms with van der Waals surface area (Å²) in [5.41, 5.74) is 1.32. The van der Waals surface area contributed by atoms with Crippen molar-refractivity contribution in [1.82, 2.24) is 0 Å². The molecule has 0 saturated carbocycles. The highest BCUT2D eigenvalue weighted by Crippen LogP contribution is 2.33. The number of halogens is 4. The first-order valence-corrected chi connectivity index (χ1v) is 9.81. The van der Waals surface area contributed by atoms with Gasteiger partial charge in [0, 0.05) is 12.1 Å². The molecular weight excluding hydrogens is 431 g/mol. The zero-order valence-electron chi connectivity index (χ0n) is 16.6. The summed E-state index contributed by atoms with van der Waals surface area (Å²) in [5, 5.41) is 2.82. The number of rotatable bonds is 8. The molecule has 162 valence electrons. The lowest BCUT2D eigenvalue weighted by Gasteiger charge is -2.14. The second-order valence-corrected chi connectivity index (χ2v) is 6.91. The molecule has 0 saturated heterocycles. The Bertz CT molecular complexity index is 1090. The van der Waals surface area contributed by atoms with Crippen molar-refractivity contribution < 1.29 is 27.4 Å². The second kappa shape index (κ2) is 10.2. The molecule has 0 radical (unpaired) electrons. The number of anilines is 1. The average molecular weight is 450 g/mol. The summed E-state index contributed by atoms with van der Waals surface area (Å²) in [6.07, 6.45) is 0. The van der Waals surface area contributed by atoms with E-state index in [4.69, 9.17) is 21.1 Å². The molecule has 3 aromatic rings. The number of esters is 1. The molecule has 0 aliphatic carbocycles. The molecule has 1 N–H and O–H groups in total. The summed E-state index contributed by atoms with van der Waals surface area (Å²) in [4.78, 5) is 11.4. The quantitative estimate of drug-likeness (QED) is 0.430. The van der Waals surface area contributed by atoms with Crippen LogP contribution < -0.4 is 10.1 Å². The Kier molecular flexibility index (Phi) is 7.41. The molecule has 0 aliphatic heterocycles. The summed E-state index contributed by atoms with van der Waals surface area (Å²) in [6.45, 7) is 1.27. The molecule has 0 heterocycles. The minimum Gasteiger partial charge on any atom is -0.479 e. The van der Waals surface area contributed by atoms with Crippen molar-refractivity contribution in [2.75, 3.05) is 18.5 Å². The smallest absolute Gasteiger partial charge is 0.344 e.